The van der Waals surface area contributed by atoms with Gasteiger partial charge in [-0.3, -0.25) is 4.57 Å². The summed E-state index contributed by atoms with van der Waals surface area (Å²) >= 11 is 6.06. The highest BCUT2D eigenvalue weighted by atomic mass is 35.5. The van der Waals surface area contributed by atoms with Crippen LogP contribution in [0.15, 0.2) is 54.9 Å². The summed E-state index contributed by atoms with van der Waals surface area (Å²) in [5, 5.41) is 8.13. The topological polar surface area (TPSA) is 30.7 Å². The molecule has 3 nitrogen and oxygen atoms in total. The first-order valence-electron chi connectivity index (χ1n) is 5.67. The molecule has 0 atom stereocenters. The third-order valence-electron chi connectivity index (χ3n) is 2.77. The summed E-state index contributed by atoms with van der Waals surface area (Å²) in [6, 6.07) is 14.0. The van der Waals surface area contributed by atoms with E-state index in [2.05, 4.69) is 10.2 Å². The lowest BCUT2D eigenvalue weighted by atomic mass is 10.2. The molecule has 3 aromatic rings. The van der Waals surface area contributed by atoms with E-state index in [1.165, 1.54) is 12.4 Å². The van der Waals surface area contributed by atoms with Crippen molar-refractivity contribution >= 4 is 11.6 Å². The number of halogens is 2. The third kappa shape index (κ3) is 2.11. The summed E-state index contributed by atoms with van der Waals surface area (Å²) in [5.41, 5.74) is 1.10. The van der Waals surface area contributed by atoms with Crippen LogP contribution in [0.25, 0.3) is 17.1 Å². The van der Waals surface area contributed by atoms with Crippen LogP contribution >= 0.6 is 11.6 Å². The summed E-state index contributed by atoms with van der Waals surface area (Å²) in [7, 11) is 0. The second-order valence-electron chi connectivity index (χ2n) is 3.96. The van der Waals surface area contributed by atoms with E-state index in [4.69, 9.17) is 11.6 Å². The first-order chi connectivity index (χ1) is 9.27. The lowest BCUT2D eigenvalue weighted by Crippen LogP contribution is -1.98. The monoisotopic (exact) mass is 273 g/mol. The van der Waals surface area contributed by atoms with E-state index in [1.54, 1.807) is 16.7 Å². The van der Waals surface area contributed by atoms with Gasteiger partial charge < -0.3 is 0 Å². The van der Waals surface area contributed by atoms with Gasteiger partial charge in [0.2, 0.25) is 0 Å². The van der Waals surface area contributed by atoms with E-state index in [9.17, 15) is 4.39 Å². The maximum atomic E-state index is 13.9. The normalized spacial score (nSPS) is 10.6. The van der Waals surface area contributed by atoms with Gasteiger partial charge in [0, 0.05) is 5.69 Å². The van der Waals surface area contributed by atoms with Crippen molar-refractivity contribution in [3.8, 4) is 17.1 Å². The molecule has 0 fully saturated rings. The van der Waals surface area contributed by atoms with E-state index < -0.39 is 5.82 Å². The Morgan fingerprint density at radius 1 is 1.00 bits per heavy atom. The molecule has 19 heavy (non-hydrogen) atoms. The van der Waals surface area contributed by atoms with E-state index in [0.717, 1.165) is 5.69 Å². The molecule has 1 heterocycles. The Bertz CT molecular complexity index is 689. The summed E-state index contributed by atoms with van der Waals surface area (Å²) in [6.07, 6.45) is 1.54. The van der Waals surface area contributed by atoms with Crippen molar-refractivity contribution in [2.24, 2.45) is 0 Å². The van der Waals surface area contributed by atoms with Gasteiger partial charge in [-0.1, -0.05) is 35.9 Å². The Labute approximate surface area is 114 Å². The summed E-state index contributed by atoms with van der Waals surface area (Å²) in [4.78, 5) is 0. The molecule has 2 aromatic carbocycles. The predicted molar refractivity (Wildman–Crippen MR) is 71.8 cm³/mol. The molecule has 0 aliphatic carbocycles. The molecule has 3 rings (SSSR count). The molecule has 0 N–H and O–H groups in total. The predicted octanol–water partition coefficient (Wildman–Crippen LogP) is 3.73. The lowest BCUT2D eigenvalue weighted by Gasteiger charge is -2.08. The van der Waals surface area contributed by atoms with Crippen LogP contribution < -0.4 is 0 Å². The molecule has 0 saturated heterocycles. The van der Waals surface area contributed by atoms with E-state index in [1.807, 2.05) is 30.3 Å². The minimum Gasteiger partial charge on any atom is -0.281 e. The van der Waals surface area contributed by atoms with Gasteiger partial charge in [0.15, 0.2) is 5.82 Å². The van der Waals surface area contributed by atoms with Gasteiger partial charge in [-0.05, 0) is 24.3 Å². The number of aromatic nitrogens is 3. The summed E-state index contributed by atoms with van der Waals surface area (Å²) < 4.78 is 15.6. The standard InChI is InChI=1S/C14H9ClFN3/c15-11-7-4-8-12(16)13(11)14-18-17-9-19(14)10-5-2-1-3-6-10/h1-9H. The molecule has 94 valence electrons. The van der Waals surface area contributed by atoms with E-state index in [0.29, 0.717) is 10.8 Å². The van der Waals surface area contributed by atoms with Crippen LogP contribution in [0, 0.1) is 5.82 Å². The van der Waals surface area contributed by atoms with Gasteiger partial charge in [-0.25, -0.2) is 4.39 Å². The summed E-state index contributed by atoms with van der Waals surface area (Å²) in [6.45, 7) is 0. The average molecular weight is 274 g/mol. The lowest BCUT2D eigenvalue weighted by molar-refractivity contribution is 0.629. The van der Waals surface area contributed by atoms with Gasteiger partial charge in [0.25, 0.3) is 0 Å². The largest absolute Gasteiger partial charge is 0.281 e. The Morgan fingerprint density at radius 2 is 1.79 bits per heavy atom. The molecule has 0 spiro atoms. The van der Waals surface area contributed by atoms with Crippen molar-refractivity contribution in [3.05, 3.63) is 65.7 Å². The Morgan fingerprint density at radius 3 is 2.53 bits per heavy atom. The highest BCUT2D eigenvalue weighted by Gasteiger charge is 2.16. The van der Waals surface area contributed by atoms with Crippen LogP contribution in [0.5, 0.6) is 0 Å². The zero-order valence-electron chi connectivity index (χ0n) is 9.79. The van der Waals surface area contributed by atoms with Crippen molar-refractivity contribution in [2.75, 3.05) is 0 Å². The van der Waals surface area contributed by atoms with Crippen LogP contribution in [0.3, 0.4) is 0 Å². The number of benzene rings is 2. The fraction of sp³-hybridized carbons (Fsp3) is 0. The van der Waals surface area contributed by atoms with Gasteiger partial charge in [0.05, 0.1) is 10.6 Å². The molecule has 0 bridgehead atoms. The Hall–Kier alpha value is -2.20. The molecule has 5 heteroatoms. The highest BCUT2D eigenvalue weighted by molar-refractivity contribution is 6.33. The fourth-order valence-electron chi connectivity index (χ4n) is 1.89. The average Bonchev–Trinajstić information content (AvgIpc) is 2.89. The zero-order valence-corrected chi connectivity index (χ0v) is 10.5. The highest BCUT2D eigenvalue weighted by Crippen LogP contribution is 2.30. The number of rotatable bonds is 2. The molecule has 0 amide bonds. The summed E-state index contributed by atoms with van der Waals surface area (Å²) in [5.74, 6) is -0.0352. The first-order valence-corrected chi connectivity index (χ1v) is 6.05. The van der Waals surface area contributed by atoms with Gasteiger partial charge in [-0.15, -0.1) is 10.2 Å². The number of nitrogens with zero attached hydrogens (tertiary/aromatic N) is 3. The quantitative estimate of drug-likeness (QED) is 0.712. The van der Waals surface area contributed by atoms with Gasteiger partial charge in [-0.2, -0.15) is 0 Å². The number of hydrogen-bond acceptors (Lipinski definition) is 2. The van der Waals surface area contributed by atoms with Crippen LogP contribution in [0.4, 0.5) is 4.39 Å². The van der Waals surface area contributed by atoms with Crippen molar-refractivity contribution in [3.63, 3.8) is 0 Å². The molecular weight excluding hydrogens is 265 g/mol. The van der Waals surface area contributed by atoms with Crippen LogP contribution in [-0.4, -0.2) is 14.8 Å². The molecule has 0 aliphatic rings. The smallest absolute Gasteiger partial charge is 0.172 e. The van der Waals surface area contributed by atoms with Crippen molar-refractivity contribution < 1.29 is 4.39 Å². The van der Waals surface area contributed by atoms with E-state index >= 15 is 0 Å². The molecular formula is C14H9ClFN3. The van der Waals surface area contributed by atoms with Gasteiger partial charge in [0.1, 0.15) is 12.1 Å². The number of para-hydroxylation sites is 1. The molecule has 0 unspecified atom stereocenters. The maximum absolute atomic E-state index is 13.9. The van der Waals surface area contributed by atoms with Crippen LogP contribution in [0.2, 0.25) is 5.02 Å². The molecule has 0 aliphatic heterocycles. The van der Waals surface area contributed by atoms with Crippen LogP contribution in [-0.2, 0) is 0 Å². The van der Waals surface area contributed by atoms with Crippen molar-refractivity contribution in [1.29, 1.82) is 0 Å². The van der Waals surface area contributed by atoms with Crippen molar-refractivity contribution in [2.45, 2.75) is 0 Å². The maximum Gasteiger partial charge on any atom is 0.172 e. The van der Waals surface area contributed by atoms with Gasteiger partial charge >= 0.3 is 0 Å². The van der Waals surface area contributed by atoms with Crippen molar-refractivity contribution in [1.82, 2.24) is 14.8 Å². The first kappa shape index (κ1) is 11.9. The zero-order chi connectivity index (χ0) is 13.2. The minimum atomic E-state index is -0.419. The molecule has 0 radical (unpaired) electrons. The fourth-order valence-corrected chi connectivity index (χ4v) is 2.14. The van der Waals surface area contributed by atoms with Crippen LogP contribution in [0.1, 0.15) is 0 Å². The third-order valence-corrected chi connectivity index (χ3v) is 3.08. The second kappa shape index (κ2) is 4.82. The second-order valence-corrected chi connectivity index (χ2v) is 4.36. The molecule has 0 saturated carbocycles. The Kier molecular flexibility index (Phi) is 3.01. The van der Waals surface area contributed by atoms with E-state index in [-0.39, 0.29) is 5.56 Å². The molecule has 1 aromatic heterocycles. The SMILES string of the molecule is Fc1cccc(Cl)c1-c1nncn1-c1ccccc1. The Balaban J connectivity index is 2.21. The number of hydrogen-bond donors (Lipinski definition) is 0. The minimum absolute atomic E-state index is 0.255.